The quantitative estimate of drug-likeness (QED) is 0.800. The Hall–Kier alpha value is -1.39. The van der Waals surface area contributed by atoms with E-state index in [0.717, 1.165) is 12.2 Å². The van der Waals surface area contributed by atoms with Crippen molar-refractivity contribution in [3.05, 3.63) is 5.82 Å². The molecule has 0 saturated heterocycles. The summed E-state index contributed by atoms with van der Waals surface area (Å²) in [4.78, 5) is 13.0. The van der Waals surface area contributed by atoms with Crippen molar-refractivity contribution >= 4 is 11.9 Å². The molecule has 1 rings (SSSR count). The van der Waals surface area contributed by atoms with Gasteiger partial charge in [0.1, 0.15) is 5.82 Å². The first-order chi connectivity index (χ1) is 7.51. The lowest BCUT2D eigenvalue weighted by Crippen LogP contribution is -2.18. The van der Waals surface area contributed by atoms with Crippen molar-refractivity contribution in [3.8, 4) is 0 Å². The minimum absolute atomic E-state index is 0.319. The number of aryl methyl sites for hydroxylation is 1. The van der Waals surface area contributed by atoms with E-state index in [1.165, 1.54) is 0 Å². The zero-order valence-corrected chi connectivity index (χ0v) is 10.7. The minimum Gasteiger partial charge on any atom is -0.352 e. The van der Waals surface area contributed by atoms with Crippen LogP contribution in [0, 0.1) is 0 Å². The second kappa shape index (κ2) is 5.63. The van der Waals surface area contributed by atoms with Crippen LogP contribution in [0.4, 0.5) is 11.9 Å². The van der Waals surface area contributed by atoms with E-state index in [2.05, 4.69) is 53.3 Å². The molecule has 0 unspecified atom stereocenters. The maximum absolute atomic E-state index is 4.33. The second-order valence-electron chi connectivity index (χ2n) is 4.35. The maximum atomic E-state index is 4.33. The van der Waals surface area contributed by atoms with Gasteiger partial charge in [0.2, 0.25) is 11.9 Å². The molecule has 90 valence electrons. The lowest BCUT2D eigenvalue weighted by molar-refractivity contribution is 0.818. The summed E-state index contributed by atoms with van der Waals surface area (Å²) < 4.78 is 0. The molecule has 0 atom stereocenters. The summed E-state index contributed by atoms with van der Waals surface area (Å²) in [6.07, 6.45) is 0.808. The molecule has 1 aromatic rings. The van der Waals surface area contributed by atoms with E-state index in [0.29, 0.717) is 24.0 Å². The van der Waals surface area contributed by atoms with Crippen LogP contribution < -0.4 is 10.6 Å². The zero-order chi connectivity index (χ0) is 12.1. The molecule has 0 radical (unpaired) electrons. The number of hydrogen-bond acceptors (Lipinski definition) is 5. The molecule has 5 nitrogen and oxygen atoms in total. The number of hydrogen-bond donors (Lipinski definition) is 2. The summed E-state index contributed by atoms with van der Waals surface area (Å²) in [6.45, 7) is 10.3. The second-order valence-corrected chi connectivity index (χ2v) is 4.35. The molecule has 2 N–H and O–H groups in total. The van der Waals surface area contributed by atoms with Gasteiger partial charge in [-0.3, -0.25) is 0 Å². The number of anilines is 2. The van der Waals surface area contributed by atoms with Crippen molar-refractivity contribution in [2.45, 2.75) is 53.1 Å². The largest absolute Gasteiger partial charge is 0.352 e. The smallest absolute Gasteiger partial charge is 0.227 e. The van der Waals surface area contributed by atoms with Gasteiger partial charge in [-0.15, -0.1) is 0 Å². The first-order valence-electron chi connectivity index (χ1n) is 5.79. The Balaban J connectivity index is 2.91. The molecule has 5 heteroatoms. The van der Waals surface area contributed by atoms with Crippen molar-refractivity contribution in [1.29, 1.82) is 0 Å². The molecule has 16 heavy (non-hydrogen) atoms. The van der Waals surface area contributed by atoms with Gasteiger partial charge in [-0.25, -0.2) is 0 Å². The minimum atomic E-state index is 0.319. The third-order valence-electron chi connectivity index (χ3n) is 1.83. The Kier molecular flexibility index (Phi) is 4.46. The van der Waals surface area contributed by atoms with Crippen molar-refractivity contribution in [3.63, 3.8) is 0 Å². The summed E-state index contributed by atoms with van der Waals surface area (Å²) in [5.74, 6) is 2.09. The molecule has 0 aromatic carbocycles. The number of nitrogens with one attached hydrogen (secondary N) is 2. The van der Waals surface area contributed by atoms with Gasteiger partial charge in [0.25, 0.3) is 0 Å². The van der Waals surface area contributed by atoms with Crippen molar-refractivity contribution in [1.82, 2.24) is 15.0 Å². The third-order valence-corrected chi connectivity index (χ3v) is 1.83. The van der Waals surface area contributed by atoms with E-state index in [-0.39, 0.29) is 0 Å². The van der Waals surface area contributed by atoms with E-state index in [4.69, 9.17) is 0 Å². The summed E-state index contributed by atoms with van der Waals surface area (Å²) in [5, 5.41) is 6.38. The predicted octanol–water partition coefficient (Wildman–Crippen LogP) is 2.07. The fourth-order valence-corrected chi connectivity index (χ4v) is 1.22. The number of nitrogens with zero attached hydrogens (tertiary/aromatic N) is 3. The first-order valence-corrected chi connectivity index (χ1v) is 5.79. The predicted molar refractivity (Wildman–Crippen MR) is 66.7 cm³/mol. The Morgan fingerprint density at radius 2 is 1.31 bits per heavy atom. The van der Waals surface area contributed by atoms with Gasteiger partial charge in [0.05, 0.1) is 0 Å². The van der Waals surface area contributed by atoms with Crippen LogP contribution in [-0.2, 0) is 6.42 Å². The van der Waals surface area contributed by atoms with Crippen LogP contribution in [0.1, 0.15) is 40.4 Å². The van der Waals surface area contributed by atoms with Gasteiger partial charge in [-0.05, 0) is 27.7 Å². The summed E-state index contributed by atoms with van der Waals surface area (Å²) >= 11 is 0. The van der Waals surface area contributed by atoms with Gasteiger partial charge < -0.3 is 10.6 Å². The van der Waals surface area contributed by atoms with Gasteiger partial charge in [0, 0.05) is 18.5 Å². The summed E-state index contributed by atoms with van der Waals surface area (Å²) in [5.41, 5.74) is 0. The highest BCUT2D eigenvalue weighted by atomic mass is 15.2. The van der Waals surface area contributed by atoms with Gasteiger partial charge in [-0.2, -0.15) is 15.0 Å². The molecule has 0 aliphatic rings. The highest BCUT2D eigenvalue weighted by Gasteiger charge is 2.06. The van der Waals surface area contributed by atoms with Gasteiger partial charge >= 0.3 is 0 Å². The highest BCUT2D eigenvalue weighted by Crippen LogP contribution is 2.08. The molecular formula is C11H21N5. The summed E-state index contributed by atoms with van der Waals surface area (Å²) in [7, 11) is 0. The normalized spacial score (nSPS) is 10.9. The molecule has 0 fully saturated rings. The standard InChI is InChI=1S/C11H21N5/c1-6-9-14-10(12-7(2)3)16-11(15-9)13-8(4)5/h7-8H,6H2,1-5H3,(H2,12,13,14,15,16). The Bertz CT molecular complexity index is 307. The fraction of sp³-hybridized carbons (Fsp3) is 0.727. The molecule has 1 aromatic heterocycles. The van der Waals surface area contributed by atoms with Crippen molar-refractivity contribution in [2.75, 3.05) is 10.6 Å². The first kappa shape index (κ1) is 12.7. The van der Waals surface area contributed by atoms with Crippen LogP contribution in [0.2, 0.25) is 0 Å². The van der Waals surface area contributed by atoms with Crippen LogP contribution in [0.3, 0.4) is 0 Å². The number of rotatable bonds is 5. The molecular weight excluding hydrogens is 202 g/mol. The van der Waals surface area contributed by atoms with Crippen LogP contribution in [-0.4, -0.2) is 27.0 Å². The molecule has 0 bridgehead atoms. The molecule has 1 heterocycles. The van der Waals surface area contributed by atoms with E-state index < -0.39 is 0 Å². The average Bonchev–Trinajstić information content (AvgIpc) is 2.14. The molecule has 0 aliphatic heterocycles. The molecule has 0 aliphatic carbocycles. The molecule has 0 amide bonds. The lowest BCUT2D eigenvalue weighted by atomic mass is 10.4. The zero-order valence-electron chi connectivity index (χ0n) is 10.7. The van der Waals surface area contributed by atoms with Crippen LogP contribution in [0.15, 0.2) is 0 Å². The SMILES string of the molecule is CCc1nc(NC(C)C)nc(NC(C)C)n1. The lowest BCUT2D eigenvalue weighted by Gasteiger charge is -2.12. The van der Waals surface area contributed by atoms with Crippen molar-refractivity contribution in [2.24, 2.45) is 0 Å². The van der Waals surface area contributed by atoms with Crippen LogP contribution >= 0.6 is 0 Å². The highest BCUT2D eigenvalue weighted by molar-refractivity contribution is 5.35. The van der Waals surface area contributed by atoms with Crippen LogP contribution in [0.5, 0.6) is 0 Å². The topological polar surface area (TPSA) is 62.7 Å². The van der Waals surface area contributed by atoms with E-state index in [9.17, 15) is 0 Å². The maximum Gasteiger partial charge on any atom is 0.227 e. The summed E-state index contributed by atoms with van der Waals surface area (Å²) in [6, 6.07) is 0.637. The van der Waals surface area contributed by atoms with Crippen molar-refractivity contribution < 1.29 is 0 Å². The monoisotopic (exact) mass is 223 g/mol. The van der Waals surface area contributed by atoms with Gasteiger partial charge in [0.15, 0.2) is 0 Å². The van der Waals surface area contributed by atoms with Crippen LogP contribution in [0.25, 0.3) is 0 Å². The van der Waals surface area contributed by atoms with E-state index in [1.807, 2.05) is 6.92 Å². The Morgan fingerprint density at radius 1 is 0.875 bits per heavy atom. The van der Waals surface area contributed by atoms with E-state index >= 15 is 0 Å². The molecule has 0 saturated carbocycles. The fourth-order valence-electron chi connectivity index (χ4n) is 1.22. The number of aromatic nitrogens is 3. The Morgan fingerprint density at radius 3 is 1.62 bits per heavy atom. The van der Waals surface area contributed by atoms with E-state index in [1.54, 1.807) is 0 Å². The Labute approximate surface area is 97.1 Å². The third kappa shape index (κ3) is 4.00. The average molecular weight is 223 g/mol. The van der Waals surface area contributed by atoms with Gasteiger partial charge in [-0.1, -0.05) is 6.92 Å². The molecule has 0 spiro atoms.